The Morgan fingerprint density at radius 2 is 1.96 bits per heavy atom. The van der Waals surface area contributed by atoms with E-state index >= 15 is 0 Å². The number of anilines is 3. The van der Waals surface area contributed by atoms with Crippen molar-refractivity contribution in [2.24, 2.45) is 0 Å². The third-order valence-electron chi connectivity index (χ3n) is 4.00. The SMILES string of the molecule is CCC(CC)Nc1nc(Nc2ccc(Br)c(C(C)O)c2)ncc1C. The van der Waals surface area contributed by atoms with Gasteiger partial charge >= 0.3 is 0 Å². The maximum atomic E-state index is 9.83. The highest BCUT2D eigenvalue weighted by molar-refractivity contribution is 9.10. The molecule has 0 aliphatic heterocycles. The van der Waals surface area contributed by atoms with Gasteiger partial charge in [-0.2, -0.15) is 4.98 Å². The molecular weight excluding hydrogens is 368 g/mol. The molecule has 3 N–H and O–H groups in total. The minimum Gasteiger partial charge on any atom is -0.389 e. The summed E-state index contributed by atoms with van der Waals surface area (Å²) in [5, 5.41) is 16.5. The maximum absolute atomic E-state index is 9.83. The predicted molar refractivity (Wildman–Crippen MR) is 103 cm³/mol. The van der Waals surface area contributed by atoms with E-state index in [1.54, 1.807) is 6.92 Å². The predicted octanol–water partition coefficient (Wildman–Crippen LogP) is 4.94. The van der Waals surface area contributed by atoms with Gasteiger partial charge in [0.2, 0.25) is 5.95 Å². The first-order valence-corrected chi connectivity index (χ1v) is 9.08. The molecule has 0 fully saturated rings. The van der Waals surface area contributed by atoms with E-state index in [0.29, 0.717) is 12.0 Å². The Labute approximate surface area is 152 Å². The topological polar surface area (TPSA) is 70.1 Å². The maximum Gasteiger partial charge on any atom is 0.229 e. The van der Waals surface area contributed by atoms with Crippen molar-refractivity contribution in [2.75, 3.05) is 10.6 Å². The lowest BCUT2D eigenvalue weighted by molar-refractivity contribution is 0.198. The Morgan fingerprint density at radius 3 is 2.58 bits per heavy atom. The van der Waals surface area contributed by atoms with E-state index in [-0.39, 0.29) is 0 Å². The number of hydrogen-bond donors (Lipinski definition) is 3. The van der Waals surface area contributed by atoms with Crippen LogP contribution in [0.1, 0.15) is 50.8 Å². The van der Waals surface area contributed by atoms with E-state index in [9.17, 15) is 5.11 Å². The minimum absolute atomic E-state index is 0.404. The van der Waals surface area contributed by atoms with Crippen LogP contribution in [0, 0.1) is 6.92 Å². The summed E-state index contributed by atoms with van der Waals surface area (Å²) in [5.74, 6) is 1.39. The van der Waals surface area contributed by atoms with E-state index in [4.69, 9.17) is 0 Å². The average molecular weight is 393 g/mol. The number of aliphatic hydroxyl groups excluding tert-OH is 1. The van der Waals surface area contributed by atoms with Crippen LogP contribution >= 0.6 is 15.9 Å². The molecule has 5 nitrogen and oxygen atoms in total. The molecule has 24 heavy (non-hydrogen) atoms. The molecule has 0 saturated carbocycles. The standard InChI is InChI=1S/C18H25BrN4O/c1-5-13(6-2)21-17-11(3)10-20-18(23-17)22-14-7-8-16(19)15(9-14)12(4)24/h7-10,12-13,24H,5-6H2,1-4H3,(H2,20,21,22,23). The Balaban J connectivity index is 2.23. The fourth-order valence-corrected chi connectivity index (χ4v) is 2.98. The number of rotatable bonds is 7. The van der Waals surface area contributed by atoms with Crippen molar-refractivity contribution in [1.29, 1.82) is 0 Å². The van der Waals surface area contributed by atoms with Crippen LogP contribution < -0.4 is 10.6 Å². The number of nitrogens with zero attached hydrogens (tertiary/aromatic N) is 2. The quantitative estimate of drug-likeness (QED) is 0.621. The first-order chi connectivity index (χ1) is 11.4. The minimum atomic E-state index is -0.549. The summed E-state index contributed by atoms with van der Waals surface area (Å²) >= 11 is 3.45. The monoisotopic (exact) mass is 392 g/mol. The highest BCUT2D eigenvalue weighted by Crippen LogP contribution is 2.28. The van der Waals surface area contributed by atoms with Gasteiger partial charge in [-0.05, 0) is 50.5 Å². The molecule has 0 aliphatic carbocycles. The number of benzene rings is 1. The number of halogens is 1. The van der Waals surface area contributed by atoms with Crippen molar-refractivity contribution in [3.05, 3.63) is 40.0 Å². The Bertz CT molecular complexity index is 687. The highest BCUT2D eigenvalue weighted by atomic mass is 79.9. The van der Waals surface area contributed by atoms with Gasteiger partial charge < -0.3 is 15.7 Å². The van der Waals surface area contributed by atoms with Crippen molar-refractivity contribution in [3.63, 3.8) is 0 Å². The van der Waals surface area contributed by atoms with Crippen LogP contribution in [-0.4, -0.2) is 21.1 Å². The number of nitrogens with one attached hydrogen (secondary N) is 2. The molecule has 0 spiro atoms. The third-order valence-corrected chi connectivity index (χ3v) is 4.72. The van der Waals surface area contributed by atoms with Gasteiger partial charge in [0.05, 0.1) is 6.10 Å². The second kappa shape index (κ2) is 8.44. The molecular formula is C18H25BrN4O. The summed E-state index contributed by atoms with van der Waals surface area (Å²) < 4.78 is 0.879. The van der Waals surface area contributed by atoms with Crippen LogP contribution in [-0.2, 0) is 0 Å². The summed E-state index contributed by atoms with van der Waals surface area (Å²) in [5.41, 5.74) is 2.68. The third kappa shape index (κ3) is 4.68. The Kier molecular flexibility index (Phi) is 6.57. The number of aliphatic hydroxyl groups is 1. The fraction of sp³-hybridized carbons (Fsp3) is 0.444. The van der Waals surface area contributed by atoms with Crippen molar-refractivity contribution >= 4 is 33.4 Å². The molecule has 1 aromatic carbocycles. The first-order valence-electron chi connectivity index (χ1n) is 8.29. The van der Waals surface area contributed by atoms with Crippen molar-refractivity contribution in [1.82, 2.24) is 9.97 Å². The molecule has 6 heteroatoms. The number of hydrogen-bond acceptors (Lipinski definition) is 5. The highest BCUT2D eigenvalue weighted by Gasteiger charge is 2.11. The van der Waals surface area contributed by atoms with Crippen LogP contribution in [0.25, 0.3) is 0 Å². The average Bonchev–Trinajstić information content (AvgIpc) is 2.56. The molecule has 1 atom stereocenters. The summed E-state index contributed by atoms with van der Waals surface area (Å²) in [6, 6.07) is 6.13. The van der Waals surface area contributed by atoms with Crippen LogP contribution in [0.3, 0.4) is 0 Å². The summed E-state index contributed by atoms with van der Waals surface area (Å²) in [4.78, 5) is 8.95. The molecule has 1 aromatic heterocycles. The zero-order valence-corrected chi connectivity index (χ0v) is 16.2. The van der Waals surface area contributed by atoms with Gasteiger partial charge in [-0.25, -0.2) is 4.98 Å². The summed E-state index contributed by atoms with van der Waals surface area (Å²) in [6.07, 6.45) is 3.36. The molecule has 1 unspecified atom stereocenters. The lowest BCUT2D eigenvalue weighted by atomic mass is 10.1. The van der Waals surface area contributed by atoms with Crippen molar-refractivity contribution in [3.8, 4) is 0 Å². The number of aromatic nitrogens is 2. The van der Waals surface area contributed by atoms with Gasteiger partial charge in [0.25, 0.3) is 0 Å². The number of aryl methyl sites for hydroxylation is 1. The van der Waals surface area contributed by atoms with Crippen LogP contribution in [0.5, 0.6) is 0 Å². The van der Waals surface area contributed by atoms with Crippen molar-refractivity contribution in [2.45, 2.75) is 52.7 Å². The van der Waals surface area contributed by atoms with Gasteiger partial charge in [-0.3, -0.25) is 0 Å². The van der Waals surface area contributed by atoms with Gasteiger partial charge in [-0.1, -0.05) is 29.8 Å². The van der Waals surface area contributed by atoms with Gasteiger partial charge in [0, 0.05) is 28.0 Å². The normalized spacial score (nSPS) is 12.3. The van der Waals surface area contributed by atoms with Crippen LogP contribution in [0.15, 0.2) is 28.9 Å². The molecule has 2 rings (SSSR count). The molecule has 130 valence electrons. The van der Waals surface area contributed by atoms with E-state index < -0.39 is 6.10 Å². The Morgan fingerprint density at radius 1 is 1.25 bits per heavy atom. The second-order valence-electron chi connectivity index (χ2n) is 5.92. The summed E-state index contributed by atoms with van der Waals surface area (Å²) in [7, 11) is 0. The van der Waals surface area contributed by atoms with Crippen LogP contribution in [0.4, 0.5) is 17.5 Å². The lowest BCUT2D eigenvalue weighted by Gasteiger charge is -2.18. The molecule has 0 saturated heterocycles. The molecule has 1 heterocycles. The molecule has 0 bridgehead atoms. The van der Waals surface area contributed by atoms with E-state index in [1.165, 1.54) is 0 Å². The fourth-order valence-electron chi connectivity index (χ4n) is 2.41. The van der Waals surface area contributed by atoms with E-state index in [2.05, 4.69) is 50.4 Å². The first kappa shape index (κ1) is 18.7. The molecule has 0 amide bonds. The zero-order chi connectivity index (χ0) is 17.7. The lowest BCUT2D eigenvalue weighted by Crippen LogP contribution is -2.19. The largest absolute Gasteiger partial charge is 0.389 e. The zero-order valence-electron chi connectivity index (χ0n) is 14.6. The van der Waals surface area contributed by atoms with Gasteiger partial charge in [-0.15, -0.1) is 0 Å². The molecule has 0 radical (unpaired) electrons. The smallest absolute Gasteiger partial charge is 0.229 e. The Hall–Kier alpha value is -1.66. The molecule has 0 aliphatic rings. The van der Waals surface area contributed by atoms with E-state index in [1.807, 2.05) is 31.3 Å². The van der Waals surface area contributed by atoms with E-state index in [0.717, 1.165) is 39.9 Å². The second-order valence-corrected chi connectivity index (χ2v) is 6.77. The summed E-state index contributed by atoms with van der Waals surface area (Å²) in [6.45, 7) is 8.07. The molecule has 2 aromatic rings. The van der Waals surface area contributed by atoms with Gasteiger partial charge in [0.1, 0.15) is 5.82 Å². The van der Waals surface area contributed by atoms with Crippen molar-refractivity contribution < 1.29 is 5.11 Å². The van der Waals surface area contributed by atoms with Crippen LogP contribution in [0.2, 0.25) is 0 Å². The van der Waals surface area contributed by atoms with Gasteiger partial charge in [0.15, 0.2) is 0 Å².